The highest BCUT2D eigenvalue weighted by molar-refractivity contribution is 5.85. The summed E-state index contributed by atoms with van der Waals surface area (Å²) in [4.78, 5) is 11.5. The molecule has 0 bridgehead atoms. The second-order valence-electron chi connectivity index (χ2n) is 5.43. The van der Waals surface area contributed by atoms with Gasteiger partial charge in [0.05, 0.1) is 12.6 Å². The van der Waals surface area contributed by atoms with Crippen molar-refractivity contribution in [1.29, 1.82) is 0 Å². The lowest BCUT2D eigenvalue weighted by molar-refractivity contribution is -0.149. The zero-order valence-corrected chi connectivity index (χ0v) is 13.6. The number of carbonyl (C=O) groups is 1. The van der Waals surface area contributed by atoms with Crippen molar-refractivity contribution in [2.24, 2.45) is 5.73 Å². The van der Waals surface area contributed by atoms with Gasteiger partial charge in [0.1, 0.15) is 0 Å². The topological polar surface area (TPSA) is 52.3 Å². The average molecular weight is 336 g/mol. The molecule has 0 aromatic heterocycles. The molecule has 1 aliphatic rings. The zero-order chi connectivity index (χ0) is 15.7. The summed E-state index contributed by atoms with van der Waals surface area (Å²) < 4.78 is 18.8. The van der Waals surface area contributed by atoms with Gasteiger partial charge in [0.25, 0.3) is 0 Å². The average Bonchev–Trinajstić information content (AvgIpc) is 2.91. The van der Waals surface area contributed by atoms with Gasteiger partial charge in [-0.1, -0.05) is 42.5 Å². The van der Waals surface area contributed by atoms with Crippen LogP contribution in [0.25, 0.3) is 11.1 Å². The van der Waals surface area contributed by atoms with Gasteiger partial charge in [0.15, 0.2) is 0 Å². The van der Waals surface area contributed by atoms with E-state index in [-0.39, 0.29) is 19.0 Å². The van der Waals surface area contributed by atoms with Crippen LogP contribution in [0.5, 0.6) is 0 Å². The van der Waals surface area contributed by atoms with Gasteiger partial charge >= 0.3 is 5.97 Å². The normalized spacial score (nSPS) is 14.2. The zero-order valence-electron chi connectivity index (χ0n) is 12.8. The summed E-state index contributed by atoms with van der Waals surface area (Å²) >= 11 is 0. The Hall–Kier alpha value is -1.91. The Morgan fingerprint density at radius 1 is 1.22 bits per heavy atom. The van der Waals surface area contributed by atoms with Crippen LogP contribution in [0, 0.1) is 0 Å². The highest BCUT2D eigenvalue weighted by Gasteiger charge is 2.29. The van der Waals surface area contributed by atoms with Gasteiger partial charge in [-0.15, -0.1) is 12.4 Å². The van der Waals surface area contributed by atoms with Crippen molar-refractivity contribution in [1.82, 2.24) is 0 Å². The monoisotopic (exact) mass is 335 g/mol. The number of hydrogen-bond donors (Lipinski definition) is 1. The van der Waals surface area contributed by atoms with Crippen molar-refractivity contribution in [2.45, 2.75) is 25.6 Å². The number of benzene rings is 2. The lowest BCUT2D eigenvalue weighted by Gasteiger charge is -2.17. The van der Waals surface area contributed by atoms with E-state index in [1.54, 1.807) is 13.0 Å². The summed E-state index contributed by atoms with van der Waals surface area (Å²) in [6.07, 6.45) is -1.04. The Balaban J connectivity index is 0.00000192. The van der Waals surface area contributed by atoms with Crippen LogP contribution >= 0.6 is 12.4 Å². The van der Waals surface area contributed by atoms with Crippen LogP contribution in [0.2, 0.25) is 0 Å². The number of carbonyl (C=O) groups excluding carboxylic acids is 1. The van der Waals surface area contributed by atoms with Gasteiger partial charge in [-0.25, -0.2) is 9.18 Å². The lowest BCUT2D eigenvalue weighted by atomic mass is 9.97. The van der Waals surface area contributed by atoms with E-state index in [9.17, 15) is 9.18 Å². The van der Waals surface area contributed by atoms with Gasteiger partial charge in [0.2, 0.25) is 6.17 Å². The smallest absolute Gasteiger partial charge is 0.342 e. The largest absolute Gasteiger partial charge is 0.464 e. The predicted molar refractivity (Wildman–Crippen MR) is 90.4 cm³/mol. The molecule has 3 rings (SSSR count). The Morgan fingerprint density at radius 3 is 2.65 bits per heavy atom. The first-order valence-corrected chi connectivity index (χ1v) is 7.39. The number of hydrogen-bond acceptors (Lipinski definition) is 3. The Morgan fingerprint density at radius 2 is 1.91 bits per heavy atom. The summed E-state index contributed by atoms with van der Waals surface area (Å²) in [6, 6.07) is 12.8. The molecule has 0 heterocycles. The van der Waals surface area contributed by atoms with Gasteiger partial charge < -0.3 is 10.5 Å². The summed E-state index contributed by atoms with van der Waals surface area (Å²) in [7, 11) is 0. The first-order chi connectivity index (χ1) is 10.6. The highest BCUT2D eigenvalue weighted by atomic mass is 35.5. The summed E-state index contributed by atoms with van der Waals surface area (Å²) in [5, 5.41) is 0. The van der Waals surface area contributed by atoms with E-state index in [2.05, 4.69) is 12.1 Å². The molecule has 0 saturated heterocycles. The van der Waals surface area contributed by atoms with Crippen LogP contribution in [-0.2, 0) is 16.0 Å². The van der Waals surface area contributed by atoms with Crippen molar-refractivity contribution < 1.29 is 13.9 Å². The van der Waals surface area contributed by atoms with Crippen LogP contribution in [0.4, 0.5) is 4.39 Å². The van der Waals surface area contributed by atoms with Gasteiger partial charge in [-0.2, -0.15) is 0 Å². The van der Waals surface area contributed by atoms with Gasteiger partial charge in [-0.3, -0.25) is 0 Å². The van der Waals surface area contributed by atoms with Gasteiger partial charge in [-0.05, 0) is 41.2 Å². The third-order valence-corrected chi connectivity index (χ3v) is 4.03. The number of halogens is 2. The maximum Gasteiger partial charge on any atom is 0.342 e. The van der Waals surface area contributed by atoms with Crippen LogP contribution in [0.15, 0.2) is 42.5 Å². The standard InChI is InChI=1S/C18H18FNO2.ClH/c1-2-22-18(21)16(19)17(20)12-7-8-15-13(10-12)9-11-5-3-4-6-14(11)15;/h3-8,10,16-17H,2,9,20H2,1H3;1H/t16?,17-;/m0./s1. The molecular weight excluding hydrogens is 317 g/mol. The lowest BCUT2D eigenvalue weighted by Crippen LogP contribution is -2.31. The molecule has 5 heteroatoms. The number of esters is 1. The molecule has 0 amide bonds. The first kappa shape index (κ1) is 17.4. The van der Waals surface area contributed by atoms with E-state index in [1.165, 1.54) is 11.1 Å². The molecule has 1 unspecified atom stereocenters. The molecule has 2 aromatic carbocycles. The maximum absolute atomic E-state index is 14.1. The summed E-state index contributed by atoms with van der Waals surface area (Å²) in [5.74, 6) is -0.904. The molecular formula is C18H19ClFNO2. The number of nitrogens with two attached hydrogens (primary N) is 1. The number of fused-ring (bicyclic) bond motifs is 3. The molecule has 0 spiro atoms. The minimum atomic E-state index is -1.85. The third-order valence-electron chi connectivity index (χ3n) is 4.03. The van der Waals surface area contributed by atoms with Crippen LogP contribution in [-0.4, -0.2) is 18.7 Å². The predicted octanol–water partition coefficient (Wildman–Crippen LogP) is 3.58. The summed E-state index contributed by atoms with van der Waals surface area (Å²) in [6.45, 7) is 1.79. The van der Waals surface area contributed by atoms with E-state index < -0.39 is 18.2 Å². The fraction of sp³-hybridized carbons (Fsp3) is 0.278. The fourth-order valence-electron chi connectivity index (χ4n) is 2.91. The number of ether oxygens (including phenoxy) is 1. The van der Waals surface area contributed by atoms with E-state index in [4.69, 9.17) is 10.5 Å². The molecule has 2 N–H and O–H groups in total. The van der Waals surface area contributed by atoms with Crippen molar-refractivity contribution in [2.75, 3.05) is 6.61 Å². The molecule has 1 aliphatic carbocycles. The minimum Gasteiger partial charge on any atom is -0.464 e. The van der Waals surface area contributed by atoms with E-state index in [0.717, 1.165) is 17.5 Å². The molecule has 3 nitrogen and oxygen atoms in total. The van der Waals surface area contributed by atoms with Crippen molar-refractivity contribution in [3.05, 3.63) is 59.2 Å². The second-order valence-corrected chi connectivity index (χ2v) is 5.43. The minimum absolute atomic E-state index is 0. The molecule has 0 saturated carbocycles. The van der Waals surface area contributed by atoms with E-state index in [1.807, 2.05) is 24.3 Å². The van der Waals surface area contributed by atoms with Crippen molar-refractivity contribution >= 4 is 18.4 Å². The molecule has 0 radical (unpaired) electrons. The number of alkyl halides is 1. The molecule has 23 heavy (non-hydrogen) atoms. The highest BCUT2D eigenvalue weighted by Crippen LogP contribution is 2.37. The van der Waals surface area contributed by atoms with Crippen LogP contribution in [0.3, 0.4) is 0 Å². The SMILES string of the molecule is CCOC(=O)C(F)[C@@H](N)c1ccc2c(c1)Cc1ccccc1-2.Cl. The quantitative estimate of drug-likeness (QED) is 0.741. The molecule has 122 valence electrons. The molecule has 2 atom stereocenters. The molecule has 0 aliphatic heterocycles. The van der Waals surface area contributed by atoms with Crippen molar-refractivity contribution in [3.63, 3.8) is 0 Å². The maximum atomic E-state index is 14.1. The Kier molecular flexibility index (Phi) is 5.39. The third kappa shape index (κ3) is 3.23. The Bertz CT molecular complexity index is 720. The van der Waals surface area contributed by atoms with E-state index in [0.29, 0.717) is 5.56 Å². The number of rotatable bonds is 4. The van der Waals surface area contributed by atoms with Crippen LogP contribution in [0.1, 0.15) is 29.7 Å². The van der Waals surface area contributed by atoms with Crippen LogP contribution < -0.4 is 5.73 Å². The van der Waals surface area contributed by atoms with Gasteiger partial charge in [0, 0.05) is 0 Å². The molecule has 2 aromatic rings. The second kappa shape index (κ2) is 7.11. The van der Waals surface area contributed by atoms with Crippen molar-refractivity contribution in [3.8, 4) is 11.1 Å². The molecule has 0 fully saturated rings. The fourth-order valence-corrected chi connectivity index (χ4v) is 2.91. The first-order valence-electron chi connectivity index (χ1n) is 7.39. The Labute approximate surface area is 141 Å². The summed E-state index contributed by atoms with van der Waals surface area (Å²) in [5.41, 5.74) is 11.2. The van der Waals surface area contributed by atoms with E-state index >= 15 is 0 Å².